The number of carbonyl (C=O) groups excluding carboxylic acids is 3. The molecule has 9 nitrogen and oxygen atoms in total. The Labute approximate surface area is 222 Å². The van der Waals surface area contributed by atoms with Gasteiger partial charge in [0.15, 0.2) is 11.4 Å². The number of hydrogen-bond acceptors (Lipinski definition) is 9. The molecule has 8 atom stereocenters. The molecule has 0 aliphatic heterocycles. The van der Waals surface area contributed by atoms with Crippen molar-refractivity contribution in [2.45, 2.75) is 70.0 Å². The number of halogens is 1. The van der Waals surface area contributed by atoms with Crippen LogP contribution >= 0.6 is 11.6 Å². The van der Waals surface area contributed by atoms with E-state index in [9.17, 15) is 27.9 Å². The van der Waals surface area contributed by atoms with Crippen molar-refractivity contribution in [2.75, 3.05) is 19.5 Å². The van der Waals surface area contributed by atoms with Crippen molar-refractivity contribution < 1.29 is 41.6 Å². The number of aliphatic hydroxyl groups is 1. The zero-order valence-corrected chi connectivity index (χ0v) is 23.4. The predicted molar refractivity (Wildman–Crippen MR) is 134 cm³/mol. The van der Waals surface area contributed by atoms with Crippen LogP contribution in [0.25, 0.3) is 0 Å². The maximum Gasteiger partial charge on any atom is 0.509 e. The van der Waals surface area contributed by atoms with E-state index in [1.54, 1.807) is 32.9 Å². The van der Waals surface area contributed by atoms with Crippen LogP contribution in [0.15, 0.2) is 23.8 Å². The number of aliphatic hydroxyl groups excluding tert-OH is 1. The van der Waals surface area contributed by atoms with Gasteiger partial charge in [0.1, 0.15) is 6.61 Å². The topological polar surface area (TPSA) is 133 Å². The van der Waals surface area contributed by atoms with E-state index in [0.717, 1.165) is 11.8 Å². The fourth-order valence-corrected chi connectivity index (χ4v) is 8.79. The van der Waals surface area contributed by atoms with E-state index >= 15 is 0 Å². The van der Waals surface area contributed by atoms with Gasteiger partial charge in [-0.15, -0.1) is 11.6 Å². The van der Waals surface area contributed by atoms with Crippen molar-refractivity contribution in [3.63, 3.8) is 0 Å². The van der Waals surface area contributed by atoms with E-state index in [-0.39, 0.29) is 30.6 Å². The maximum atomic E-state index is 13.8. The molecule has 4 aliphatic carbocycles. The molecule has 0 heterocycles. The Hall–Kier alpha value is -1.75. The monoisotopic (exact) mass is 558 g/mol. The summed E-state index contributed by atoms with van der Waals surface area (Å²) in [6.45, 7) is 6.32. The molecule has 1 N–H and O–H groups in total. The highest BCUT2D eigenvalue weighted by Crippen LogP contribution is 2.72. The molecule has 0 radical (unpaired) electrons. The third-order valence-corrected chi connectivity index (χ3v) is 11.0. The molecule has 3 saturated carbocycles. The molecule has 0 saturated heterocycles. The Bertz CT molecular complexity index is 1180. The molecule has 0 bridgehead atoms. The van der Waals surface area contributed by atoms with Gasteiger partial charge in [-0.2, -0.15) is 8.42 Å². The lowest BCUT2D eigenvalue weighted by molar-refractivity contribution is -0.184. The van der Waals surface area contributed by atoms with Gasteiger partial charge < -0.3 is 14.6 Å². The van der Waals surface area contributed by atoms with Gasteiger partial charge in [0.2, 0.25) is 5.78 Å². The minimum atomic E-state index is -3.95. The van der Waals surface area contributed by atoms with E-state index < -0.39 is 62.0 Å². The molecule has 0 aromatic carbocycles. The predicted octanol–water partition coefficient (Wildman–Crippen LogP) is 3.33. The Morgan fingerprint density at radius 2 is 1.92 bits per heavy atom. The molecule has 1 unspecified atom stereocenters. The summed E-state index contributed by atoms with van der Waals surface area (Å²) >= 11 is 7.44. The van der Waals surface area contributed by atoms with Crippen LogP contribution < -0.4 is 0 Å². The summed E-state index contributed by atoms with van der Waals surface area (Å²) in [7, 11) is -3.95. The Balaban J connectivity index is 1.82. The minimum Gasteiger partial charge on any atom is -0.435 e. The number of allylic oxidation sites excluding steroid dienone is 4. The number of fused-ring (bicyclic) bond motifs is 5. The highest BCUT2D eigenvalue weighted by atomic mass is 35.5. The quantitative estimate of drug-likeness (QED) is 0.296. The van der Waals surface area contributed by atoms with Gasteiger partial charge in [-0.25, -0.2) is 4.79 Å². The largest absolute Gasteiger partial charge is 0.509 e. The lowest BCUT2D eigenvalue weighted by atomic mass is 9.45. The maximum absolute atomic E-state index is 13.8. The number of ketones is 2. The smallest absolute Gasteiger partial charge is 0.435 e. The normalized spacial score (nSPS) is 42.8. The number of alkyl halides is 1. The van der Waals surface area contributed by atoms with E-state index in [0.29, 0.717) is 19.3 Å². The Morgan fingerprint density at radius 3 is 2.54 bits per heavy atom. The zero-order valence-electron chi connectivity index (χ0n) is 21.8. The van der Waals surface area contributed by atoms with Crippen LogP contribution in [-0.2, 0) is 33.4 Å². The van der Waals surface area contributed by atoms with Crippen LogP contribution in [0, 0.1) is 28.6 Å². The SMILES string of the molecule is CCOC(=O)O[C@]1(C(=O)COS(C)(=O)=O)[C@H](C)C[C@H]2[C@@H]3CCC4=CC(=O)C=C[C@]4(C)[C@@]3(Cl)C(O)C[C@@]21C. The van der Waals surface area contributed by atoms with Crippen molar-refractivity contribution in [3.8, 4) is 0 Å². The highest BCUT2D eigenvalue weighted by molar-refractivity contribution is 7.86. The van der Waals surface area contributed by atoms with Crippen LogP contribution in [0.1, 0.15) is 53.4 Å². The molecule has 0 amide bonds. The molecule has 11 heteroatoms. The van der Waals surface area contributed by atoms with Crippen LogP contribution in [0.5, 0.6) is 0 Å². The highest BCUT2D eigenvalue weighted by Gasteiger charge is 2.76. The molecule has 3 fully saturated rings. The summed E-state index contributed by atoms with van der Waals surface area (Å²) in [5.74, 6) is -1.91. The van der Waals surface area contributed by atoms with Gasteiger partial charge in [-0.1, -0.05) is 32.4 Å². The second-order valence-corrected chi connectivity index (χ2v) is 13.6. The molecular formula is C26H35ClO9S. The lowest BCUT2D eigenvalue weighted by Crippen LogP contribution is -2.69. The zero-order chi connectivity index (χ0) is 27.6. The van der Waals surface area contributed by atoms with Gasteiger partial charge in [0.05, 0.1) is 23.8 Å². The Morgan fingerprint density at radius 1 is 1.24 bits per heavy atom. The van der Waals surface area contributed by atoms with Gasteiger partial charge in [-0.3, -0.25) is 13.8 Å². The average molecular weight is 559 g/mol. The number of ether oxygens (including phenoxy) is 2. The van der Waals surface area contributed by atoms with Gasteiger partial charge in [-0.05, 0) is 56.6 Å². The van der Waals surface area contributed by atoms with Crippen LogP contribution in [0.3, 0.4) is 0 Å². The van der Waals surface area contributed by atoms with Crippen LogP contribution in [0.2, 0.25) is 0 Å². The van der Waals surface area contributed by atoms with Crippen molar-refractivity contribution in [3.05, 3.63) is 23.8 Å². The molecule has 206 valence electrons. The van der Waals surface area contributed by atoms with Gasteiger partial charge in [0, 0.05) is 16.7 Å². The third kappa shape index (κ3) is 4.01. The minimum absolute atomic E-state index is 0.0106. The molecule has 0 spiro atoms. The van der Waals surface area contributed by atoms with Gasteiger partial charge in [0.25, 0.3) is 10.1 Å². The first kappa shape index (κ1) is 28.3. The van der Waals surface area contributed by atoms with E-state index in [1.165, 1.54) is 6.08 Å². The third-order valence-electron chi connectivity index (χ3n) is 9.51. The molecule has 0 aromatic heterocycles. The van der Waals surface area contributed by atoms with Crippen molar-refractivity contribution >= 4 is 39.4 Å². The summed E-state index contributed by atoms with van der Waals surface area (Å²) in [4.78, 5) is 37.4. The summed E-state index contributed by atoms with van der Waals surface area (Å²) in [5.41, 5.74) is -2.81. The van der Waals surface area contributed by atoms with Crippen molar-refractivity contribution in [2.24, 2.45) is 28.6 Å². The summed E-state index contributed by atoms with van der Waals surface area (Å²) in [6.07, 6.45) is 5.14. The van der Waals surface area contributed by atoms with E-state index in [1.807, 2.05) is 6.92 Å². The second-order valence-electron chi connectivity index (χ2n) is 11.3. The summed E-state index contributed by atoms with van der Waals surface area (Å²) in [6, 6.07) is 0. The van der Waals surface area contributed by atoms with Crippen molar-refractivity contribution in [1.82, 2.24) is 0 Å². The van der Waals surface area contributed by atoms with E-state index in [4.69, 9.17) is 25.3 Å². The molecular weight excluding hydrogens is 524 g/mol. The number of rotatable bonds is 6. The molecule has 0 aromatic rings. The van der Waals surface area contributed by atoms with Gasteiger partial charge >= 0.3 is 6.16 Å². The number of hydrogen-bond donors (Lipinski definition) is 1. The molecule has 4 rings (SSSR count). The lowest BCUT2D eigenvalue weighted by Gasteiger charge is -2.64. The molecule has 4 aliphatic rings. The fourth-order valence-electron chi connectivity index (χ4n) is 7.95. The average Bonchev–Trinajstić information content (AvgIpc) is 3.00. The molecule has 37 heavy (non-hydrogen) atoms. The summed E-state index contributed by atoms with van der Waals surface area (Å²) in [5, 5.41) is 11.8. The first-order chi connectivity index (χ1) is 17.1. The second kappa shape index (κ2) is 9.17. The Kier molecular flexibility index (Phi) is 7.01. The van der Waals surface area contributed by atoms with E-state index in [2.05, 4.69) is 0 Å². The van der Waals surface area contributed by atoms with Crippen molar-refractivity contribution in [1.29, 1.82) is 0 Å². The number of carbonyl (C=O) groups is 3. The number of Topliss-reactive ketones (excluding diaryl/α,β-unsaturated/α-hetero) is 1. The first-order valence-corrected chi connectivity index (χ1v) is 14.8. The standard InChI is InChI=1S/C26H35ClO9S/c1-6-34-22(31)36-26(21(30)14-35-37(5,32)33)15(2)11-19-18-8-7-16-12-17(28)9-10-23(16,3)25(18,27)20(29)13-24(19,26)4/h9-10,12,15,18-20,29H,6-8,11,13-14H2,1-5H3/t15-,18+,19+,20?,23+,24+,25+,26+/m1/s1. The fraction of sp³-hybridized carbons (Fsp3) is 0.731. The summed E-state index contributed by atoms with van der Waals surface area (Å²) < 4.78 is 39.1. The van der Waals surface area contributed by atoms with Crippen LogP contribution in [-0.4, -0.2) is 67.3 Å². The first-order valence-electron chi connectivity index (χ1n) is 12.6. The van der Waals surface area contributed by atoms with Crippen LogP contribution in [0.4, 0.5) is 4.79 Å².